The van der Waals surface area contributed by atoms with E-state index in [-0.39, 0.29) is 35.5 Å². The van der Waals surface area contributed by atoms with Crippen LogP contribution in [0.15, 0.2) is 76.5 Å². The lowest BCUT2D eigenvalue weighted by atomic mass is 9.88. The molecule has 13 heteroatoms. The van der Waals surface area contributed by atoms with Gasteiger partial charge in [-0.2, -0.15) is 4.31 Å². The number of nitrogens with zero attached hydrogens (tertiary/aromatic N) is 1. The largest absolute Gasteiger partial charge is 0.494 e. The topological polar surface area (TPSA) is 148 Å². The highest BCUT2D eigenvalue weighted by Crippen LogP contribution is 2.46. The molecule has 1 atom stereocenters. The Morgan fingerprint density at radius 1 is 0.979 bits per heavy atom. The highest BCUT2D eigenvalue weighted by atomic mass is 32.2. The number of halogens is 1. The van der Waals surface area contributed by atoms with Gasteiger partial charge in [0.15, 0.2) is 9.84 Å². The first kappa shape index (κ1) is 34.0. The molecule has 3 fully saturated rings. The van der Waals surface area contributed by atoms with Gasteiger partial charge in [0.05, 0.1) is 35.1 Å². The van der Waals surface area contributed by atoms with E-state index >= 15 is 0 Å². The maximum absolute atomic E-state index is 14.9. The number of hydrogen-bond acceptors (Lipinski definition) is 9. The number of aliphatic hydroxyl groups excluding tert-OH is 1. The Kier molecular flexibility index (Phi) is 9.79. The molecule has 47 heavy (non-hydrogen) atoms. The Bertz CT molecular complexity index is 1790. The third kappa shape index (κ3) is 6.98. The standard InChI is InChI=1S/C34H42FN3O7S2/c35-31-10-9-27(26-7-5-25(22-36)6-8-26)19-32(31)47(42,43)38-16-13-33(14-17-38)21-28(23-45-33)37-15-2-18-44-29-3-1-4-30(20-29)46(40,41)34(24-39)11-12-34/h1,3-10,19-20,28,37,39H,2,11-18,21-24,36H2/t28-/m1/s1. The molecule has 0 unspecified atom stereocenters. The summed E-state index contributed by atoms with van der Waals surface area (Å²) < 4.78 is 80.1. The minimum atomic E-state index is -4.05. The second-order valence-corrected chi connectivity index (χ2v) is 17.1. The molecule has 3 aromatic carbocycles. The van der Waals surface area contributed by atoms with Gasteiger partial charge >= 0.3 is 0 Å². The Morgan fingerprint density at radius 2 is 1.70 bits per heavy atom. The molecule has 3 aliphatic rings. The number of nitrogens with one attached hydrogen (secondary N) is 1. The Balaban J connectivity index is 0.972. The van der Waals surface area contributed by atoms with Crippen molar-refractivity contribution in [1.29, 1.82) is 0 Å². The van der Waals surface area contributed by atoms with E-state index in [2.05, 4.69) is 5.32 Å². The molecule has 1 spiro atoms. The fourth-order valence-corrected chi connectivity index (χ4v) is 9.88. The van der Waals surface area contributed by atoms with Crippen LogP contribution in [-0.2, 0) is 31.1 Å². The second kappa shape index (κ2) is 13.5. The molecule has 254 valence electrons. The predicted octanol–water partition coefficient (Wildman–Crippen LogP) is 3.62. The summed E-state index contributed by atoms with van der Waals surface area (Å²) in [4.78, 5) is -0.159. The number of rotatable bonds is 13. The fourth-order valence-electron chi connectivity index (χ4n) is 6.51. The van der Waals surface area contributed by atoms with Crippen molar-refractivity contribution in [3.8, 4) is 16.9 Å². The lowest BCUT2D eigenvalue weighted by Gasteiger charge is -2.38. The zero-order chi connectivity index (χ0) is 33.3. The zero-order valence-electron chi connectivity index (χ0n) is 26.2. The van der Waals surface area contributed by atoms with Gasteiger partial charge in [-0.3, -0.25) is 0 Å². The first-order chi connectivity index (χ1) is 22.5. The molecule has 1 aliphatic carbocycles. The van der Waals surface area contributed by atoms with Crippen LogP contribution in [0.25, 0.3) is 11.1 Å². The van der Waals surface area contributed by atoms with Gasteiger partial charge < -0.3 is 25.6 Å². The van der Waals surface area contributed by atoms with Crippen LogP contribution in [0.5, 0.6) is 5.75 Å². The molecule has 0 aromatic heterocycles. The van der Waals surface area contributed by atoms with Crippen LogP contribution in [0.3, 0.4) is 0 Å². The molecule has 0 bridgehead atoms. The number of sulfone groups is 1. The maximum atomic E-state index is 14.9. The summed E-state index contributed by atoms with van der Waals surface area (Å²) in [5, 5.41) is 13.1. The Labute approximate surface area is 276 Å². The maximum Gasteiger partial charge on any atom is 0.246 e. The summed E-state index contributed by atoms with van der Waals surface area (Å²) in [5.41, 5.74) is 7.61. The summed E-state index contributed by atoms with van der Waals surface area (Å²) in [6.07, 6.45) is 3.41. The van der Waals surface area contributed by atoms with Crippen molar-refractivity contribution in [3.05, 3.63) is 78.1 Å². The van der Waals surface area contributed by atoms with E-state index in [0.717, 1.165) is 17.5 Å². The first-order valence-corrected chi connectivity index (χ1v) is 19.0. The van der Waals surface area contributed by atoms with E-state index in [9.17, 15) is 26.3 Å². The van der Waals surface area contributed by atoms with Crippen LogP contribution in [0, 0.1) is 5.82 Å². The minimum absolute atomic E-state index is 0.111. The molecular formula is C34H42FN3O7S2. The van der Waals surface area contributed by atoms with E-state index < -0.39 is 36.0 Å². The molecule has 2 aliphatic heterocycles. The van der Waals surface area contributed by atoms with Crippen molar-refractivity contribution in [1.82, 2.24) is 9.62 Å². The molecule has 2 saturated heterocycles. The van der Waals surface area contributed by atoms with Crippen LogP contribution < -0.4 is 15.8 Å². The molecular weight excluding hydrogens is 646 g/mol. The van der Waals surface area contributed by atoms with Gasteiger partial charge in [0, 0.05) is 25.7 Å². The predicted molar refractivity (Wildman–Crippen MR) is 176 cm³/mol. The van der Waals surface area contributed by atoms with Gasteiger partial charge in [-0.25, -0.2) is 21.2 Å². The molecule has 3 aromatic rings. The molecule has 2 heterocycles. The first-order valence-electron chi connectivity index (χ1n) is 16.1. The van der Waals surface area contributed by atoms with Gasteiger partial charge in [-0.15, -0.1) is 0 Å². The SMILES string of the molecule is NCc1ccc(-c2ccc(F)c(S(=O)(=O)N3CCC4(CC3)C[C@@H](NCCCOc3cccc(S(=O)(=O)C5(CO)CC5)c3)CO4)c2)cc1. The van der Waals surface area contributed by atoms with Crippen molar-refractivity contribution in [3.63, 3.8) is 0 Å². The van der Waals surface area contributed by atoms with Crippen molar-refractivity contribution in [2.24, 2.45) is 5.73 Å². The van der Waals surface area contributed by atoms with Crippen LogP contribution in [0.4, 0.5) is 4.39 Å². The number of benzene rings is 3. The van der Waals surface area contributed by atoms with Crippen molar-refractivity contribution >= 4 is 19.9 Å². The number of nitrogens with two attached hydrogens (primary N) is 1. The summed E-state index contributed by atoms with van der Waals surface area (Å²) in [6, 6.07) is 18.2. The van der Waals surface area contributed by atoms with Crippen molar-refractivity contribution in [2.45, 2.75) is 71.3 Å². The fraction of sp³-hybridized carbons (Fsp3) is 0.471. The van der Waals surface area contributed by atoms with Crippen molar-refractivity contribution < 1.29 is 35.8 Å². The molecule has 10 nitrogen and oxygen atoms in total. The normalized spacial score (nSPS) is 20.8. The highest BCUT2D eigenvalue weighted by Gasteiger charge is 2.54. The van der Waals surface area contributed by atoms with E-state index in [1.165, 1.54) is 28.6 Å². The third-order valence-electron chi connectivity index (χ3n) is 9.72. The number of piperidine rings is 1. The van der Waals surface area contributed by atoms with E-state index in [1.807, 2.05) is 24.3 Å². The number of sulfonamides is 1. The Morgan fingerprint density at radius 3 is 2.38 bits per heavy atom. The molecule has 1 saturated carbocycles. The van der Waals surface area contributed by atoms with E-state index in [4.69, 9.17) is 15.2 Å². The van der Waals surface area contributed by atoms with Gasteiger partial charge in [0.1, 0.15) is 16.5 Å². The van der Waals surface area contributed by atoms with E-state index in [0.29, 0.717) is 69.7 Å². The summed E-state index contributed by atoms with van der Waals surface area (Å²) in [7, 11) is -7.66. The van der Waals surface area contributed by atoms with Crippen LogP contribution in [0.2, 0.25) is 0 Å². The summed E-state index contributed by atoms with van der Waals surface area (Å²) in [5.74, 6) is -0.304. The zero-order valence-corrected chi connectivity index (χ0v) is 27.9. The average Bonchev–Trinajstić information content (AvgIpc) is 3.81. The van der Waals surface area contributed by atoms with Gasteiger partial charge in [0.25, 0.3) is 0 Å². The highest BCUT2D eigenvalue weighted by molar-refractivity contribution is 7.93. The summed E-state index contributed by atoms with van der Waals surface area (Å²) in [6.45, 7) is 2.08. The van der Waals surface area contributed by atoms with Crippen LogP contribution in [-0.4, -0.2) is 82.1 Å². The van der Waals surface area contributed by atoms with E-state index in [1.54, 1.807) is 18.2 Å². The Hall–Kier alpha value is -2.91. The van der Waals surface area contributed by atoms with Crippen molar-refractivity contribution in [2.75, 3.05) is 39.5 Å². The minimum Gasteiger partial charge on any atom is -0.494 e. The van der Waals surface area contributed by atoms with Crippen LogP contribution >= 0.6 is 0 Å². The van der Waals surface area contributed by atoms with Gasteiger partial charge in [0.2, 0.25) is 10.0 Å². The molecule has 0 radical (unpaired) electrons. The number of ether oxygens (including phenoxy) is 2. The molecule has 0 amide bonds. The monoisotopic (exact) mass is 687 g/mol. The summed E-state index contributed by atoms with van der Waals surface area (Å²) >= 11 is 0. The van der Waals surface area contributed by atoms with Gasteiger partial charge in [-0.1, -0.05) is 36.4 Å². The lowest BCUT2D eigenvalue weighted by molar-refractivity contribution is -0.0312. The second-order valence-electron chi connectivity index (χ2n) is 12.8. The van der Waals surface area contributed by atoms with Crippen LogP contribution in [0.1, 0.15) is 44.1 Å². The number of hydrogen-bond donors (Lipinski definition) is 3. The lowest BCUT2D eigenvalue weighted by Crippen LogP contribution is -2.47. The van der Waals surface area contributed by atoms with Gasteiger partial charge in [-0.05, 0) is 92.1 Å². The molecule has 6 rings (SSSR count). The molecule has 4 N–H and O–H groups in total. The third-order valence-corrected chi connectivity index (χ3v) is 14.2. The quantitative estimate of drug-likeness (QED) is 0.229. The smallest absolute Gasteiger partial charge is 0.246 e. The number of aliphatic hydroxyl groups is 1. The average molecular weight is 688 g/mol.